The molecule has 7 heteroatoms. The second-order valence-electron chi connectivity index (χ2n) is 5.18. The van der Waals surface area contributed by atoms with Gasteiger partial charge in [0.05, 0.1) is 12.3 Å². The van der Waals surface area contributed by atoms with Crippen LogP contribution in [0, 0.1) is 0 Å². The number of hydrogen-bond donors (Lipinski definition) is 0. The molecule has 1 unspecified atom stereocenters. The Hall–Kier alpha value is -1.76. The first-order valence-corrected chi connectivity index (χ1v) is 8.60. The van der Waals surface area contributed by atoms with Crippen molar-refractivity contribution >= 4 is 52.3 Å². The highest BCUT2D eigenvalue weighted by Crippen LogP contribution is 2.38. The van der Waals surface area contributed by atoms with Gasteiger partial charge in [0.1, 0.15) is 10.3 Å². The first-order chi connectivity index (χ1) is 11.1. The number of amides is 1. The Kier molecular flexibility index (Phi) is 3.67. The zero-order valence-electron chi connectivity index (χ0n) is 11.8. The fourth-order valence-electron chi connectivity index (χ4n) is 2.59. The maximum atomic E-state index is 12.8. The van der Waals surface area contributed by atoms with Crippen molar-refractivity contribution in [2.24, 2.45) is 4.99 Å². The van der Waals surface area contributed by atoms with E-state index >= 15 is 0 Å². The quantitative estimate of drug-likeness (QED) is 0.772. The molecule has 0 radical (unpaired) electrons. The third-order valence-electron chi connectivity index (χ3n) is 3.72. The number of aromatic nitrogens is 1. The molecule has 1 amide bonds. The van der Waals surface area contributed by atoms with E-state index in [4.69, 9.17) is 23.8 Å². The summed E-state index contributed by atoms with van der Waals surface area (Å²) in [6.45, 7) is 0.395. The molecule has 4 nitrogen and oxygen atoms in total. The molecule has 0 spiro atoms. The highest BCUT2D eigenvalue weighted by molar-refractivity contribution is 8.02. The molecule has 0 saturated heterocycles. The first kappa shape index (κ1) is 14.8. The number of halogens is 1. The summed E-state index contributed by atoms with van der Waals surface area (Å²) in [5.74, 6) is -0.0436. The number of rotatable bonds is 2. The number of benzene rings is 1. The van der Waals surface area contributed by atoms with Gasteiger partial charge in [-0.25, -0.2) is 9.98 Å². The number of hydrogen-bond acceptors (Lipinski definition) is 4. The molecule has 0 bridgehead atoms. The Labute approximate surface area is 147 Å². The van der Waals surface area contributed by atoms with Crippen LogP contribution in [0.3, 0.4) is 0 Å². The van der Waals surface area contributed by atoms with Crippen molar-refractivity contribution in [3.63, 3.8) is 0 Å². The largest absolute Gasteiger partial charge is 0.282 e. The van der Waals surface area contributed by atoms with Crippen LogP contribution in [0.1, 0.15) is 11.1 Å². The zero-order valence-corrected chi connectivity index (χ0v) is 14.2. The van der Waals surface area contributed by atoms with Gasteiger partial charge in [-0.15, -0.1) is 0 Å². The third-order valence-corrected chi connectivity index (χ3v) is 5.49. The highest BCUT2D eigenvalue weighted by atomic mass is 35.5. The summed E-state index contributed by atoms with van der Waals surface area (Å²) in [6, 6.07) is 11.1. The Balaban J connectivity index is 1.65. The van der Waals surface area contributed by atoms with Crippen molar-refractivity contribution in [3.05, 3.63) is 58.7 Å². The Morgan fingerprint density at radius 2 is 2.04 bits per heavy atom. The molecule has 4 rings (SSSR count). The molecule has 0 aliphatic carbocycles. The van der Waals surface area contributed by atoms with E-state index in [2.05, 4.69) is 9.98 Å². The summed E-state index contributed by atoms with van der Waals surface area (Å²) in [5, 5.41) is 1.43. The summed E-state index contributed by atoms with van der Waals surface area (Å²) >= 11 is 12.7. The number of aliphatic imine (C=N–C) groups is 1. The summed E-state index contributed by atoms with van der Waals surface area (Å²) in [5.41, 5.74) is 2.59. The molecule has 0 N–H and O–H groups in total. The molecule has 2 aromatic rings. The maximum Gasteiger partial charge on any atom is 0.248 e. The van der Waals surface area contributed by atoms with Crippen molar-refractivity contribution in [3.8, 4) is 0 Å². The van der Waals surface area contributed by atoms with Gasteiger partial charge in [-0.2, -0.15) is 0 Å². The molecule has 0 saturated carbocycles. The summed E-state index contributed by atoms with van der Waals surface area (Å²) < 4.78 is 0. The molecular formula is C16H10ClN3OS2. The van der Waals surface area contributed by atoms with Crippen molar-refractivity contribution in [2.45, 2.75) is 16.8 Å². The van der Waals surface area contributed by atoms with Crippen LogP contribution in [0.5, 0.6) is 0 Å². The number of nitrogens with zero attached hydrogens (tertiary/aromatic N) is 3. The second kappa shape index (κ2) is 5.70. The predicted octanol–water partition coefficient (Wildman–Crippen LogP) is 3.33. The maximum absolute atomic E-state index is 12.8. The van der Waals surface area contributed by atoms with Gasteiger partial charge in [-0.05, 0) is 42.0 Å². The zero-order chi connectivity index (χ0) is 16.0. The molecule has 2 aliphatic heterocycles. The van der Waals surface area contributed by atoms with Crippen LogP contribution in [-0.2, 0) is 11.3 Å². The minimum atomic E-state index is -0.362. The van der Waals surface area contributed by atoms with Gasteiger partial charge in [-0.1, -0.05) is 35.5 Å². The van der Waals surface area contributed by atoms with Crippen LogP contribution in [0.4, 0.5) is 0 Å². The Morgan fingerprint density at radius 1 is 1.26 bits per heavy atom. The van der Waals surface area contributed by atoms with Crippen molar-refractivity contribution < 1.29 is 4.79 Å². The smallest absolute Gasteiger partial charge is 0.248 e. The molecule has 1 aromatic carbocycles. The molecule has 0 fully saturated rings. The van der Waals surface area contributed by atoms with Crippen LogP contribution in [0.15, 0.2) is 52.6 Å². The van der Waals surface area contributed by atoms with E-state index in [0.717, 1.165) is 21.9 Å². The summed E-state index contributed by atoms with van der Waals surface area (Å²) in [4.78, 5) is 23.2. The van der Waals surface area contributed by atoms with Gasteiger partial charge in [0.25, 0.3) is 0 Å². The number of fused-ring (bicyclic) bond motifs is 3. The average Bonchev–Trinajstić information content (AvgIpc) is 2.92. The highest BCUT2D eigenvalue weighted by Gasteiger charge is 2.42. The second-order valence-corrected chi connectivity index (χ2v) is 7.08. The third kappa shape index (κ3) is 2.56. The molecule has 1 atom stereocenters. The van der Waals surface area contributed by atoms with Gasteiger partial charge in [0.2, 0.25) is 11.0 Å². The van der Waals surface area contributed by atoms with Gasteiger partial charge in [0.15, 0.2) is 0 Å². The summed E-state index contributed by atoms with van der Waals surface area (Å²) in [7, 11) is 0. The van der Waals surface area contributed by atoms with Gasteiger partial charge < -0.3 is 0 Å². The van der Waals surface area contributed by atoms with E-state index in [1.165, 1.54) is 11.8 Å². The lowest BCUT2D eigenvalue weighted by Crippen LogP contribution is -2.46. The van der Waals surface area contributed by atoms with E-state index in [1.807, 2.05) is 24.3 Å². The first-order valence-electron chi connectivity index (χ1n) is 6.94. The predicted molar refractivity (Wildman–Crippen MR) is 95.0 cm³/mol. The Morgan fingerprint density at radius 3 is 2.83 bits per heavy atom. The molecule has 23 heavy (non-hydrogen) atoms. The number of carbonyl (C=O) groups is 1. The van der Waals surface area contributed by atoms with E-state index in [-0.39, 0.29) is 11.2 Å². The fourth-order valence-corrected chi connectivity index (χ4v) is 4.13. The molecule has 114 valence electrons. The topological polar surface area (TPSA) is 45.6 Å². The van der Waals surface area contributed by atoms with E-state index in [1.54, 1.807) is 23.2 Å². The average molecular weight is 360 g/mol. The fraction of sp³-hybridized carbons (Fsp3) is 0.125. The van der Waals surface area contributed by atoms with Crippen molar-refractivity contribution in [1.29, 1.82) is 0 Å². The monoisotopic (exact) mass is 359 g/mol. The SMILES string of the molecule is O=C1C2Sc3ncccc3C2=NC(=S)N1Cc1ccc(Cl)cc1. The van der Waals surface area contributed by atoms with Gasteiger partial charge in [-0.3, -0.25) is 9.69 Å². The molecular weight excluding hydrogens is 350 g/mol. The van der Waals surface area contributed by atoms with Crippen LogP contribution in [0.25, 0.3) is 0 Å². The minimum Gasteiger partial charge on any atom is -0.282 e. The number of thiocarbonyl (C=S) groups is 1. The van der Waals surface area contributed by atoms with E-state index < -0.39 is 0 Å². The van der Waals surface area contributed by atoms with Gasteiger partial charge in [0, 0.05) is 16.8 Å². The minimum absolute atomic E-state index is 0.0436. The van der Waals surface area contributed by atoms with E-state index in [0.29, 0.717) is 16.7 Å². The normalized spacial score (nSPS) is 19.4. The number of thioether (sulfide) groups is 1. The van der Waals surface area contributed by atoms with Crippen LogP contribution in [-0.4, -0.2) is 31.9 Å². The standard InChI is InChI=1S/C16H10ClN3OS2/c17-10-5-3-9(4-6-10)8-20-15(21)13-12(19-16(20)22)11-2-1-7-18-14(11)23-13/h1-7,13H,8H2. The lowest BCUT2D eigenvalue weighted by molar-refractivity contribution is -0.126. The van der Waals surface area contributed by atoms with Gasteiger partial charge >= 0.3 is 0 Å². The lowest BCUT2D eigenvalue weighted by atomic mass is 10.1. The van der Waals surface area contributed by atoms with Crippen LogP contribution >= 0.6 is 35.6 Å². The Bertz CT molecular complexity index is 851. The van der Waals surface area contributed by atoms with Crippen molar-refractivity contribution in [1.82, 2.24) is 9.88 Å². The molecule has 2 aliphatic rings. The molecule has 3 heterocycles. The lowest BCUT2D eigenvalue weighted by Gasteiger charge is -2.28. The number of pyridine rings is 1. The number of carbonyl (C=O) groups excluding carboxylic acids is 1. The van der Waals surface area contributed by atoms with Crippen molar-refractivity contribution in [2.75, 3.05) is 0 Å². The van der Waals surface area contributed by atoms with E-state index in [9.17, 15) is 4.79 Å². The molecule has 1 aromatic heterocycles. The van der Waals surface area contributed by atoms with Crippen LogP contribution < -0.4 is 0 Å². The van der Waals surface area contributed by atoms with Crippen LogP contribution in [0.2, 0.25) is 5.02 Å². The summed E-state index contributed by atoms with van der Waals surface area (Å²) in [6.07, 6.45) is 1.72.